The summed E-state index contributed by atoms with van der Waals surface area (Å²) in [7, 11) is -4.30. The van der Waals surface area contributed by atoms with Gasteiger partial charge in [0, 0.05) is 6.42 Å². The molecular weight excluding hydrogens is 434 g/mol. The van der Waals surface area contributed by atoms with Crippen molar-refractivity contribution in [3.8, 4) is 0 Å². The first kappa shape index (κ1) is 21.2. The SMILES string of the molecule is Cc1nnc(N[C@@H](Cc2ccc(NS(=O)(=O)O)cc2)C2=CCC(c3ccccc3)=N2)s1. The van der Waals surface area contributed by atoms with Crippen LogP contribution in [-0.4, -0.2) is 34.9 Å². The van der Waals surface area contributed by atoms with Gasteiger partial charge in [-0.15, -0.1) is 10.2 Å². The maximum atomic E-state index is 11.0. The van der Waals surface area contributed by atoms with Gasteiger partial charge >= 0.3 is 10.3 Å². The van der Waals surface area contributed by atoms with Crippen molar-refractivity contribution in [2.24, 2.45) is 4.99 Å². The van der Waals surface area contributed by atoms with Gasteiger partial charge in [0.2, 0.25) is 5.13 Å². The summed E-state index contributed by atoms with van der Waals surface area (Å²) < 4.78 is 33.0. The first-order chi connectivity index (χ1) is 14.9. The largest absolute Gasteiger partial charge is 0.357 e. The Kier molecular flexibility index (Phi) is 6.12. The molecule has 8 nitrogen and oxygen atoms in total. The van der Waals surface area contributed by atoms with E-state index in [4.69, 9.17) is 9.55 Å². The number of aromatic nitrogens is 2. The van der Waals surface area contributed by atoms with Crippen LogP contribution in [0.25, 0.3) is 0 Å². The minimum absolute atomic E-state index is 0.131. The smallest absolute Gasteiger partial charge is 0.351 e. The molecule has 0 spiro atoms. The summed E-state index contributed by atoms with van der Waals surface area (Å²) >= 11 is 1.48. The maximum Gasteiger partial charge on any atom is 0.357 e. The summed E-state index contributed by atoms with van der Waals surface area (Å²) in [5.41, 5.74) is 4.30. The maximum absolute atomic E-state index is 11.0. The molecular formula is C21H21N5O3S2. The minimum Gasteiger partial charge on any atom is -0.351 e. The average Bonchev–Trinajstić information content (AvgIpc) is 3.38. The fourth-order valence-electron chi connectivity index (χ4n) is 3.31. The van der Waals surface area contributed by atoms with Crippen LogP contribution in [0.5, 0.6) is 0 Å². The Bertz CT molecular complexity index is 1220. The second-order valence-corrected chi connectivity index (χ2v) is 9.39. The van der Waals surface area contributed by atoms with Crippen LogP contribution >= 0.6 is 11.3 Å². The van der Waals surface area contributed by atoms with E-state index >= 15 is 0 Å². The van der Waals surface area contributed by atoms with E-state index in [1.165, 1.54) is 11.3 Å². The third-order valence-electron chi connectivity index (χ3n) is 4.70. The Morgan fingerprint density at radius 3 is 2.48 bits per heavy atom. The van der Waals surface area contributed by atoms with E-state index in [1.54, 1.807) is 12.1 Å². The number of anilines is 2. The lowest BCUT2D eigenvalue weighted by Crippen LogP contribution is -2.24. The number of hydrogen-bond acceptors (Lipinski definition) is 7. The first-order valence-corrected chi connectivity index (χ1v) is 11.9. The number of nitrogens with zero attached hydrogens (tertiary/aromatic N) is 3. The van der Waals surface area contributed by atoms with Gasteiger partial charge in [-0.25, -0.2) is 0 Å². The second-order valence-electron chi connectivity index (χ2n) is 7.06. The second kappa shape index (κ2) is 8.96. The molecule has 0 radical (unpaired) electrons. The van der Waals surface area contributed by atoms with E-state index in [9.17, 15) is 8.42 Å². The fraction of sp³-hybridized carbons (Fsp3) is 0.190. The van der Waals surface area contributed by atoms with Gasteiger partial charge in [0.25, 0.3) is 0 Å². The Labute approximate surface area is 184 Å². The molecule has 0 aliphatic carbocycles. The molecule has 3 N–H and O–H groups in total. The van der Waals surface area contributed by atoms with Crippen LogP contribution in [0.2, 0.25) is 0 Å². The molecule has 0 bridgehead atoms. The lowest BCUT2D eigenvalue weighted by Gasteiger charge is -2.18. The van der Waals surface area contributed by atoms with Crippen molar-refractivity contribution in [2.75, 3.05) is 10.0 Å². The molecule has 0 amide bonds. The molecule has 10 heteroatoms. The Morgan fingerprint density at radius 1 is 1.10 bits per heavy atom. The standard InChI is InChI=1S/C21H21N5O3S2/c1-14-24-25-21(30-14)23-20(13-15-7-9-17(10-8-15)26-31(27,28)29)19-12-11-18(22-19)16-5-3-2-4-6-16/h2-10,12,20,26H,11,13H2,1H3,(H,23,25)(H,27,28,29)/t20-/m0/s1. The topological polar surface area (TPSA) is 117 Å². The highest BCUT2D eigenvalue weighted by molar-refractivity contribution is 7.87. The zero-order valence-electron chi connectivity index (χ0n) is 16.7. The fourth-order valence-corrected chi connectivity index (χ4v) is 4.39. The number of nitrogens with one attached hydrogen (secondary N) is 2. The number of aryl methyl sites for hydroxylation is 1. The zero-order valence-corrected chi connectivity index (χ0v) is 18.3. The Morgan fingerprint density at radius 2 is 1.84 bits per heavy atom. The molecule has 31 heavy (non-hydrogen) atoms. The van der Waals surface area contributed by atoms with Gasteiger partial charge < -0.3 is 5.32 Å². The Hall–Kier alpha value is -3.08. The van der Waals surface area contributed by atoms with E-state index < -0.39 is 10.3 Å². The van der Waals surface area contributed by atoms with Crippen LogP contribution < -0.4 is 10.0 Å². The van der Waals surface area contributed by atoms with Crippen molar-refractivity contribution < 1.29 is 13.0 Å². The van der Waals surface area contributed by atoms with E-state index in [0.29, 0.717) is 12.1 Å². The van der Waals surface area contributed by atoms with Crippen molar-refractivity contribution in [2.45, 2.75) is 25.8 Å². The van der Waals surface area contributed by atoms with Gasteiger partial charge in [0.15, 0.2) is 0 Å². The molecule has 1 aliphatic heterocycles. The lowest BCUT2D eigenvalue weighted by atomic mass is 10.0. The molecule has 0 unspecified atom stereocenters. The third kappa shape index (κ3) is 5.75. The quantitative estimate of drug-likeness (QED) is 0.444. The number of hydrogen-bond donors (Lipinski definition) is 3. The van der Waals surface area contributed by atoms with Crippen LogP contribution in [0.1, 0.15) is 22.6 Å². The number of benzene rings is 2. The van der Waals surface area contributed by atoms with E-state index in [-0.39, 0.29) is 6.04 Å². The predicted molar refractivity (Wildman–Crippen MR) is 123 cm³/mol. The first-order valence-electron chi connectivity index (χ1n) is 9.59. The minimum atomic E-state index is -4.30. The lowest BCUT2D eigenvalue weighted by molar-refractivity contribution is 0.489. The van der Waals surface area contributed by atoms with E-state index in [1.807, 2.05) is 54.1 Å². The molecule has 2 heterocycles. The van der Waals surface area contributed by atoms with Crippen LogP contribution in [0, 0.1) is 6.92 Å². The van der Waals surface area contributed by atoms with Crippen molar-refractivity contribution in [1.82, 2.24) is 10.2 Å². The van der Waals surface area contributed by atoms with Gasteiger partial charge in [0.05, 0.1) is 23.1 Å². The molecule has 0 saturated heterocycles. The summed E-state index contributed by atoms with van der Waals surface area (Å²) in [6.45, 7) is 1.90. The molecule has 0 saturated carbocycles. The van der Waals surface area contributed by atoms with E-state index in [2.05, 4.69) is 21.6 Å². The van der Waals surface area contributed by atoms with Gasteiger partial charge in [-0.05, 0) is 36.6 Å². The summed E-state index contributed by atoms with van der Waals surface area (Å²) in [6.07, 6.45) is 3.48. The molecule has 1 aromatic heterocycles. The summed E-state index contributed by atoms with van der Waals surface area (Å²) in [6, 6.07) is 16.8. The summed E-state index contributed by atoms with van der Waals surface area (Å²) in [5.74, 6) is 0. The third-order valence-corrected chi connectivity index (χ3v) is 5.96. The van der Waals surface area contributed by atoms with Crippen LogP contribution in [0.4, 0.5) is 10.8 Å². The predicted octanol–water partition coefficient (Wildman–Crippen LogP) is 3.86. The van der Waals surface area contributed by atoms with Gasteiger partial charge in [-0.3, -0.25) is 14.3 Å². The summed E-state index contributed by atoms with van der Waals surface area (Å²) in [4.78, 5) is 4.87. The molecule has 160 valence electrons. The van der Waals surface area contributed by atoms with E-state index in [0.717, 1.165) is 39.1 Å². The highest BCUT2D eigenvalue weighted by atomic mass is 32.2. The van der Waals surface area contributed by atoms with Crippen molar-refractivity contribution in [1.29, 1.82) is 0 Å². The zero-order chi connectivity index (χ0) is 21.8. The molecule has 0 fully saturated rings. The van der Waals surface area contributed by atoms with Crippen LogP contribution in [-0.2, 0) is 16.7 Å². The normalized spacial score (nSPS) is 14.6. The van der Waals surface area contributed by atoms with Crippen LogP contribution in [0.3, 0.4) is 0 Å². The van der Waals surface area contributed by atoms with Gasteiger partial charge in [0.1, 0.15) is 5.01 Å². The molecule has 1 atom stereocenters. The molecule has 1 aliphatic rings. The van der Waals surface area contributed by atoms with Crippen molar-refractivity contribution >= 4 is 38.2 Å². The highest BCUT2D eigenvalue weighted by Gasteiger charge is 2.21. The highest BCUT2D eigenvalue weighted by Crippen LogP contribution is 2.25. The monoisotopic (exact) mass is 455 g/mol. The molecule has 4 rings (SSSR count). The van der Waals surface area contributed by atoms with Crippen LogP contribution in [0.15, 0.2) is 71.4 Å². The average molecular weight is 456 g/mol. The van der Waals surface area contributed by atoms with Gasteiger partial charge in [-0.1, -0.05) is 59.9 Å². The molecule has 3 aromatic rings. The number of rotatable bonds is 8. The van der Waals surface area contributed by atoms with Gasteiger partial charge in [-0.2, -0.15) is 8.42 Å². The van der Waals surface area contributed by atoms with Crippen molar-refractivity contribution in [3.63, 3.8) is 0 Å². The number of allylic oxidation sites excluding steroid dienone is 1. The Balaban J connectivity index is 1.56. The molecule has 2 aromatic carbocycles. The summed E-state index contributed by atoms with van der Waals surface area (Å²) in [5, 5.41) is 13.3. The van der Waals surface area contributed by atoms with Crippen molar-refractivity contribution in [3.05, 3.63) is 82.5 Å². The number of aliphatic imine (C=N–C) groups is 1.